The third-order valence-electron chi connectivity index (χ3n) is 8.14. The lowest BCUT2D eigenvalue weighted by Gasteiger charge is -2.28. The van der Waals surface area contributed by atoms with E-state index >= 15 is 8.78 Å². The lowest BCUT2D eigenvalue weighted by molar-refractivity contribution is -0.137. The van der Waals surface area contributed by atoms with Gasteiger partial charge in [-0.05, 0) is 42.3 Å². The molecular weight excluding hydrogens is 623 g/mol. The minimum atomic E-state index is -4.72. The topological polar surface area (TPSA) is 104 Å². The molecule has 6 rings (SSSR count). The van der Waals surface area contributed by atoms with Crippen molar-refractivity contribution in [2.75, 3.05) is 43.5 Å². The first-order chi connectivity index (χ1) is 22.4. The Kier molecular flexibility index (Phi) is 8.32. The first-order valence-corrected chi connectivity index (χ1v) is 14.6. The highest BCUT2D eigenvalue weighted by Gasteiger charge is 2.39. The molecule has 1 aliphatic heterocycles. The average molecular weight is 653 g/mol. The van der Waals surface area contributed by atoms with Crippen LogP contribution in [0.25, 0.3) is 27.7 Å². The number of hydrogen-bond acceptors (Lipinski definition) is 6. The second kappa shape index (κ2) is 12.3. The summed E-state index contributed by atoms with van der Waals surface area (Å²) in [5.41, 5.74) is 0.189. The number of amides is 1. The third-order valence-corrected chi connectivity index (χ3v) is 8.14. The van der Waals surface area contributed by atoms with Gasteiger partial charge in [0.1, 0.15) is 22.8 Å². The molecule has 0 radical (unpaired) electrons. The van der Waals surface area contributed by atoms with E-state index in [1.54, 1.807) is 25.1 Å². The number of halogens is 5. The first-order valence-electron chi connectivity index (χ1n) is 14.6. The number of pyridine rings is 1. The molecule has 14 heteroatoms. The molecule has 5 aromatic rings. The predicted octanol–water partition coefficient (Wildman–Crippen LogP) is 5.09. The largest absolute Gasteiger partial charge is 0.417 e. The maximum atomic E-state index is 15.1. The summed E-state index contributed by atoms with van der Waals surface area (Å²) in [4.78, 5) is 32.1. The Morgan fingerprint density at radius 3 is 2.55 bits per heavy atom. The number of fused-ring (bicyclic) bond motifs is 4. The fourth-order valence-corrected chi connectivity index (χ4v) is 5.99. The van der Waals surface area contributed by atoms with Crippen LogP contribution in [-0.2, 0) is 24.4 Å². The van der Waals surface area contributed by atoms with Crippen LogP contribution in [0.1, 0.15) is 27.2 Å². The molecule has 244 valence electrons. The van der Waals surface area contributed by atoms with Crippen LogP contribution in [0, 0.1) is 11.6 Å². The number of nitrogens with zero attached hydrogens (tertiary/aromatic N) is 4. The molecule has 0 bridgehead atoms. The van der Waals surface area contributed by atoms with Crippen molar-refractivity contribution in [1.29, 1.82) is 0 Å². The van der Waals surface area contributed by atoms with Crippen LogP contribution in [0.3, 0.4) is 0 Å². The number of aryl methyl sites for hydroxylation is 1. The number of alkyl halides is 3. The Hall–Kier alpha value is -5.08. The molecule has 2 aromatic carbocycles. The van der Waals surface area contributed by atoms with Crippen LogP contribution in [0.2, 0.25) is 0 Å². The van der Waals surface area contributed by atoms with E-state index in [2.05, 4.69) is 15.6 Å². The van der Waals surface area contributed by atoms with E-state index in [-0.39, 0.29) is 35.5 Å². The maximum Gasteiger partial charge on any atom is 0.417 e. The number of ketones is 1. The minimum absolute atomic E-state index is 0.00400. The number of carbonyl (C=O) groups is 2. The molecule has 0 saturated heterocycles. The second-order valence-corrected chi connectivity index (χ2v) is 11.2. The van der Waals surface area contributed by atoms with Crippen LogP contribution in [-0.4, -0.2) is 64.0 Å². The monoisotopic (exact) mass is 652 g/mol. The molecular formula is C33H29F5N6O3. The van der Waals surface area contributed by atoms with Gasteiger partial charge in [0.2, 0.25) is 11.7 Å². The van der Waals surface area contributed by atoms with Crippen LogP contribution >= 0.6 is 0 Å². The number of imidazole rings is 1. The van der Waals surface area contributed by atoms with E-state index in [1.807, 2.05) is 0 Å². The smallest absolute Gasteiger partial charge is 0.395 e. The standard InChI is InChI=1S/C33H29F5N6O3/c1-42-11-7-18-15-25(32(47)19-13-22(34)28(23(35)14-19)41-26(46)6-3-8-39-9-12-45)44-10-4-5-20(30(18)44)27-21(33(36,37)38)16-24-29(31(27)42)40-17-43(24)2/h3-6,10,13-17,39,45H,7-9,11-12H2,1-2H3,(H,41,46)/b6-3+. The molecule has 4 heterocycles. The molecule has 0 aliphatic carbocycles. The number of aliphatic hydroxyl groups excluding tert-OH is 1. The van der Waals surface area contributed by atoms with Crippen molar-refractivity contribution < 1.29 is 36.6 Å². The van der Waals surface area contributed by atoms with Crippen LogP contribution < -0.4 is 15.5 Å². The highest BCUT2D eigenvalue weighted by atomic mass is 19.4. The number of likely N-dealkylation sites (N-methyl/N-ethyl adjacent to an activating group) is 1. The number of anilines is 2. The molecule has 0 unspecified atom stereocenters. The van der Waals surface area contributed by atoms with Gasteiger partial charge in [-0.2, -0.15) is 13.2 Å². The van der Waals surface area contributed by atoms with Crippen molar-refractivity contribution in [3.63, 3.8) is 0 Å². The quantitative estimate of drug-likeness (QED) is 0.0935. The number of carbonyl (C=O) groups excluding carboxylic acids is 2. The Balaban J connectivity index is 1.43. The van der Waals surface area contributed by atoms with Crippen molar-refractivity contribution in [2.24, 2.45) is 7.05 Å². The SMILES string of the molecule is CN1CCc2cc(C(=O)c3cc(F)c(NC(=O)/C=C/CNCCO)c(F)c3)n3cccc(c23)-c2c(C(F)(F)F)cc3c(ncn3C)c21. The maximum absolute atomic E-state index is 15.1. The van der Waals surface area contributed by atoms with Gasteiger partial charge in [-0.3, -0.25) is 9.59 Å². The zero-order valence-electron chi connectivity index (χ0n) is 25.3. The van der Waals surface area contributed by atoms with Gasteiger partial charge in [-0.1, -0.05) is 12.1 Å². The summed E-state index contributed by atoms with van der Waals surface area (Å²) >= 11 is 0. The molecule has 0 atom stereocenters. The van der Waals surface area contributed by atoms with Crippen molar-refractivity contribution in [1.82, 2.24) is 19.3 Å². The van der Waals surface area contributed by atoms with Gasteiger partial charge in [-0.25, -0.2) is 13.8 Å². The highest BCUT2D eigenvalue weighted by molar-refractivity contribution is 6.11. The van der Waals surface area contributed by atoms with E-state index in [0.717, 1.165) is 24.3 Å². The lowest BCUT2D eigenvalue weighted by atomic mass is 9.92. The molecule has 47 heavy (non-hydrogen) atoms. The Bertz CT molecular complexity index is 2060. The minimum Gasteiger partial charge on any atom is -0.395 e. The molecule has 1 amide bonds. The molecule has 1 aliphatic rings. The van der Waals surface area contributed by atoms with Crippen LogP contribution in [0.5, 0.6) is 0 Å². The Morgan fingerprint density at radius 2 is 1.85 bits per heavy atom. The molecule has 0 spiro atoms. The summed E-state index contributed by atoms with van der Waals surface area (Å²) in [6.07, 6.45) is 1.09. The summed E-state index contributed by atoms with van der Waals surface area (Å²) < 4.78 is 77.2. The predicted molar refractivity (Wildman–Crippen MR) is 167 cm³/mol. The zero-order chi connectivity index (χ0) is 33.6. The van der Waals surface area contributed by atoms with E-state index in [9.17, 15) is 22.8 Å². The molecule has 0 fully saturated rings. The second-order valence-electron chi connectivity index (χ2n) is 11.2. The van der Waals surface area contributed by atoms with E-state index in [4.69, 9.17) is 5.11 Å². The number of aromatic nitrogens is 3. The third kappa shape index (κ3) is 5.74. The number of rotatable bonds is 8. The number of nitrogens with one attached hydrogen (secondary N) is 2. The van der Waals surface area contributed by atoms with Crippen molar-refractivity contribution in [3.05, 3.63) is 95.1 Å². The van der Waals surface area contributed by atoms with Crippen molar-refractivity contribution >= 4 is 39.6 Å². The lowest BCUT2D eigenvalue weighted by Crippen LogP contribution is -2.24. The zero-order valence-corrected chi connectivity index (χ0v) is 25.3. The fraction of sp³-hybridized carbons (Fsp3) is 0.242. The van der Waals surface area contributed by atoms with Gasteiger partial charge >= 0.3 is 6.18 Å². The van der Waals surface area contributed by atoms with Crippen molar-refractivity contribution in [2.45, 2.75) is 12.6 Å². The van der Waals surface area contributed by atoms with E-state index in [1.165, 1.54) is 39.7 Å². The van der Waals surface area contributed by atoms with Crippen molar-refractivity contribution in [3.8, 4) is 11.1 Å². The average Bonchev–Trinajstić information content (AvgIpc) is 3.59. The van der Waals surface area contributed by atoms with E-state index in [0.29, 0.717) is 47.3 Å². The molecule has 3 N–H and O–H groups in total. The van der Waals surface area contributed by atoms with Gasteiger partial charge in [-0.15, -0.1) is 0 Å². The molecule has 0 saturated carbocycles. The van der Waals surface area contributed by atoms with Crippen LogP contribution in [0.4, 0.5) is 33.3 Å². The van der Waals surface area contributed by atoms with Gasteiger partial charge in [0.15, 0.2) is 0 Å². The Labute approximate surface area is 264 Å². The summed E-state index contributed by atoms with van der Waals surface area (Å²) in [5, 5.41) is 13.7. The summed E-state index contributed by atoms with van der Waals surface area (Å²) in [5.74, 6) is -3.94. The Morgan fingerprint density at radius 1 is 1.11 bits per heavy atom. The first kappa shape index (κ1) is 31.9. The van der Waals surface area contributed by atoms with Gasteiger partial charge in [0, 0.05) is 62.7 Å². The fourth-order valence-electron chi connectivity index (χ4n) is 5.99. The summed E-state index contributed by atoms with van der Waals surface area (Å²) in [7, 11) is 3.31. The number of benzene rings is 2. The summed E-state index contributed by atoms with van der Waals surface area (Å²) in [6.45, 7) is 0.750. The normalized spacial score (nSPS) is 13.3. The number of hydrogen-bond donors (Lipinski definition) is 3. The van der Waals surface area contributed by atoms with Gasteiger partial charge in [0.25, 0.3) is 0 Å². The highest BCUT2D eigenvalue weighted by Crippen LogP contribution is 2.48. The molecule has 9 nitrogen and oxygen atoms in total. The van der Waals surface area contributed by atoms with Gasteiger partial charge in [0.05, 0.1) is 40.9 Å². The summed E-state index contributed by atoms with van der Waals surface area (Å²) in [6, 6.07) is 7.29. The van der Waals surface area contributed by atoms with Gasteiger partial charge < -0.3 is 29.6 Å². The molecule has 3 aromatic heterocycles. The number of aliphatic hydroxyl groups is 1. The van der Waals surface area contributed by atoms with E-state index < -0.39 is 40.8 Å². The van der Waals surface area contributed by atoms with Crippen LogP contribution in [0.15, 0.2) is 61.1 Å².